The minimum absolute atomic E-state index is 0.308. The maximum Gasteiger partial charge on any atom is 0.338 e. The van der Waals surface area contributed by atoms with E-state index in [-0.39, 0.29) is 5.97 Å². The zero-order valence-electron chi connectivity index (χ0n) is 9.84. The number of esters is 1. The van der Waals surface area contributed by atoms with E-state index in [2.05, 4.69) is 0 Å². The molecule has 0 atom stereocenters. The van der Waals surface area contributed by atoms with E-state index in [0.29, 0.717) is 23.9 Å². The van der Waals surface area contributed by atoms with Crippen LogP contribution in [0.5, 0.6) is 0 Å². The van der Waals surface area contributed by atoms with Crippen LogP contribution < -0.4 is 0 Å². The average Bonchev–Trinajstić information content (AvgIpc) is 2.36. The fraction of sp³-hybridized carbons (Fsp3) is 0.462. The van der Waals surface area contributed by atoms with E-state index in [1.54, 1.807) is 13.0 Å². The number of aryl methyl sites for hydroxylation is 1. The fourth-order valence-electron chi connectivity index (χ4n) is 1.59. The van der Waals surface area contributed by atoms with Gasteiger partial charge in [-0.05, 0) is 37.0 Å². The van der Waals surface area contributed by atoms with E-state index in [9.17, 15) is 4.79 Å². The van der Waals surface area contributed by atoms with Gasteiger partial charge in [0.25, 0.3) is 0 Å². The number of carbonyl (C=O) groups excluding carboxylic acids is 1. The molecule has 0 aliphatic carbocycles. The van der Waals surface area contributed by atoms with Gasteiger partial charge in [0.1, 0.15) is 0 Å². The molecule has 0 bridgehead atoms. The highest BCUT2D eigenvalue weighted by molar-refractivity contribution is 6.18. The monoisotopic (exact) mass is 274 g/mol. The second-order valence-electron chi connectivity index (χ2n) is 3.64. The van der Waals surface area contributed by atoms with Crippen molar-refractivity contribution in [3.63, 3.8) is 0 Å². The summed E-state index contributed by atoms with van der Waals surface area (Å²) in [5.41, 5.74) is 2.52. The Balaban J connectivity index is 2.88. The summed E-state index contributed by atoms with van der Waals surface area (Å²) in [6.07, 6.45) is 1.82. The lowest BCUT2D eigenvalue weighted by Crippen LogP contribution is -2.08. The van der Waals surface area contributed by atoms with Gasteiger partial charge in [-0.25, -0.2) is 4.79 Å². The van der Waals surface area contributed by atoms with Gasteiger partial charge in [0, 0.05) is 11.8 Å². The Morgan fingerprint density at radius 1 is 1.35 bits per heavy atom. The van der Waals surface area contributed by atoms with Crippen molar-refractivity contribution in [2.24, 2.45) is 0 Å². The van der Waals surface area contributed by atoms with Crippen molar-refractivity contribution in [1.82, 2.24) is 0 Å². The first-order valence-electron chi connectivity index (χ1n) is 5.63. The van der Waals surface area contributed by atoms with Crippen molar-refractivity contribution < 1.29 is 9.53 Å². The van der Waals surface area contributed by atoms with Crippen molar-refractivity contribution in [1.29, 1.82) is 0 Å². The van der Waals surface area contributed by atoms with Crippen LogP contribution in [-0.4, -0.2) is 18.5 Å². The summed E-state index contributed by atoms with van der Waals surface area (Å²) < 4.78 is 4.97. The largest absolute Gasteiger partial charge is 0.462 e. The summed E-state index contributed by atoms with van der Waals surface area (Å²) in [6.45, 7) is 2.15. The zero-order chi connectivity index (χ0) is 12.7. The van der Waals surface area contributed by atoms with Gasteiger partial charge < -0.3 is 4.74 Å². The zero-order valence-corrected chi connectivity index (χ0v) is 11.4. The summed E-state index contributed by atoms with van der Waals surface area (Å²) >= 11 is 11.5. The quantitative estimate of drug-likeness (QED) is 0.583. The Morgan fingerprint density at radius 3 is 2.71 bits per heavy atom. The molecule has 0 radical (unpaired) electrons. The van der Waals surface area contributed by atoms with Crippen LogP contribution in [0, 0.1) is 0 Å². The van der Waals surface area contributed by atoms with E-state index in [4.69, 9.17) is 27.9 Å². The van der Waals surface area contributed by atoms with Gasteiger partial charge in [0.05, 0.1) is 12.2 Å². The van der Waals surface area contributed by atoms with Gasteiger partial charge in [0.2, 0.25) is 0 Å². The molecular formula is C13H16Cl2O2. The summed E-state index contributed by atoms with van der Waals surface area (Å²) in [4.78, 5) is 11.6. The summed E-state index contributed by atoms with van der Waals surface area (Å²) in [5, 5.41) is 0. The molecule has 0 aliphatic rings. The highest BCUT2D eigenvalue weighted by Crippen LogP contribution is 2.17. The first-order valence-corrected chi connectivity index (χ1v) is 6.70. The van der Waals surface area contributed by atoms with Crippen LogP contribution in [-0.2, 0) is 17.0 Å². The summed E-state index contributed by atoms with van der Waals surface area (Å²) in [5.74, 6) is 0.630. The van der Waals surface area contributed by atoms with Crippen LogP contribution in [0.2, 0.25) is 0 Å². The van der Waals surface area contributed by atoms with Crippen molar-refractivity contribution in [3.05, 3.63) is 34.9 Å². The second kappa shape index (κ2) is 7.57. The highest BCUT2D eigenvalue weighted by Gasteiger charge is 2.12. The van der Waals surface area contributed by atoms with Crippen LogP contribution >= 0.6 is 23.2 Å². The molecule has 17 heavy (non-hydrogen) atoms. The number of carbonyl (C=O) groups is 1. The molecule has 0 fully saturated rings. The number of alkyl halides is 2. The van der Waals surface area contributed by atoms with Gasteiger partial charge in [-0.15, -0.1) is 23.2 Å². The minimum Gasteiger partial charge on any atom is -0.462 e. The fourth-order valence-corrected chi connectivity index (χ4v) is 1.95. The van der Waals surface area contributed by atoms with Crippen molar-refractivity contribution >= 4 is 29.2 Å². The SMILES string of the molecule is CCOC(=O)c1ccc(CCCCl)cc1CCl. The molecule has 0 unspecified atom stereocenters. The van der Waals surface area contributed by atoms with E-state index in [1.165, 1.54) is 0 Å². The Kier molecular flexibility index (Phi) is 6.38. The second-order valence-corrected chi connectivity index (χ2v) is 4.28. The standard InChI is InChI=1S/C13H16Cl2O2/c1-2-17-13(16)12-6-5-10(4-3-7-14)8-11(12)9-15/h5-6,8H,2-4,7,9H2,1H3. The summed E-state index contributed by atoms with van der Waals surface area (Å²) in [6, 6.07) is 5.65. The normalized spacial score (nSPS) is 10.3. The lowest BCUT2D eigenvalue weighted by molar-refractivity contribution is 0.0525. The molecule has 1 rings (SSSR count). The summed E-state index contributed by atoms with van der Waals surface area (Å²) in [7, 11) is 0. The number of hydrogen-bond donors (Lipinski definition) is 0. The van der Waals surface area contributed by atoms with E-state index in [1.807, 2.05) is 12.1 Å². The molecule has 94 valence electrons. The van der Waals surface area contributed by atoms with Crippen molar-refractivity contribution in [2.45, 2.75) is 25.6 Å². The lowest BCUT2D eigenvalue weighted by atomic mass is 10.0. The van der Waals surface area contributed by atoms with Crippen LogP contribution in [0.1, 0.15) is 34.8 Å². The van der Waals surface area contributed by atoms with Gasteiger partial charge >= 0.3 is 5.97 Å². The van der Waals surface area contributed by atoms with Crippen molar-refractivity contribution in [3.8, 4) is 0 Å². The number of hydrogen-bond acceptors (Lipinski definition) is 2. The van der Waals surface area contributed by atoms with Gasteiger partial charge in [-0.3, -0.25) is 0 Å². The van der Waals surface area contributed by atoms with Crippen LogP contribution in [0.3, 0.4) is 0 Å². The molecule has 2 nitrogen and oxygen atoms in total. The third kappa shape index (κ3) is 4.21. The van der Waals surface area contributed by atoms with Crippen LogP contribution in [0.4, 0.5) is 0 Å². The molecule has 0 saturated heterocycles. The van der Waals surface area contributed by atoms with E-state index in [0.717, 1.165) is 24.0 Å². The van der Waals surface area contributed by atoms with E-state index >= 15 is 0 Å². The van der Waals surface area contributed by atoms with Crippen LogP contribution in [0.25, 0.3) is 0 Å². The number of halogens is 2. The Labute approximate surface area is 112 Å². The molecule has 0 saturated carbocycles. The Hall–Kier alpha value is -0.730. The molecule has 4 heteroatoms. The molecule has 1 aromatic carbocycles. The first-order chi connectivity index (χ1) is 8.22. The molecule has 0 aliphatic heterocycles. The topological polar surface area (TPSA) is 26.3 Å². The molecule has 0 amide bonds. The van der Waals surface area contributed by atoms with Crippen molar-refractivity contribution in [2.75, 3.05) is 12.5 Å². The van der Waals surface area contributed by atoms with E-state index < -0.39 is 0 Å². The molecular weight excluding hydrogens is 259 g/mol. The number of benzene rings is 1. The molecule has 0 N–H and O–H groups in total. The molecule has 0 aromatic heterocycles. The minimum atomic E-state index is -0.313. The number of rotatable bonds is 6. The maximum absolute atomic E-state index is 11.6. The smallest absolute Gasteiger partial charge is 0.338 e. The third-order valence-corrected chi connectivity index (χ3v) is 2.96. The highest BCUT2D eigenvalue weighted by atomic mass is 35.5. The molecule has 1 aromatic rings. The Bertz CT molecular complexity index is 378. The van der Waals surface area contributed by atoms with Gasteiger partial charge in [-0.1, -0.05) is 12.1 Å². The Morgan fingerprint density at radius 2 is 2.12 bits per heavy atom. The molecule has 0 heterocycles. The predicted octanol–water partition coefficient (Wildman–Crippen LogP) is 3.77. The van der Waals surface area contributed by atoms with Gasteiger partial charge in [-0.2, -0.15) is 0 Å². The van der Waals surface area contributed by atoms with Crippen LogP contribution in [0.15, 0.2) is 18.2 Å². The first kappa shape index (κ1) is 14.3. The predicted molar refractivity (Wildman–Crippen MR) is 71.0 cm³/mol. The number of ether oxygens (including phenoxy) is 1. The molecule has 0 spiro atoms. The lowest BCUT2D eigenvalue weighted by Gasteiger charge is -2.08. The van der Waals surface area contributed by atoms with Gasteiger partial charge in [0.15, 0.2) is 0 Å². The average molecular weight is 275 g/mol. The third-order valence-electron chi connectivity index (χ3n) is 2.41. The maximum atomic E-state index is 11.6.